The molecule has 1 unspecified atom stereocenters. The summed E-state index contributed by atoms with van der Waals surface area (Å²) >= 11 is 0. The summed E-state index contributed by atoms with van der Waals surface area (Å²) in [6.45, 7) is 3.52. The van der Waals surface area contributed by atoms with E-state index in [-0.39, 0.29) is 6.04 Å². The van der Waals surface area contributed by atoms with Crippen molar-refractivity contribution >= 4 is 0 Å². The zero-order chi connectivity index (χ0) is 9.97. The molecule has 0 amide bonds. The molecule has 1 atom stereocenters. The van der Waals surface area contributed by atoms with E-state index in [4.69, 9.17) is 14.9 Å². The summed E-state index contributed by atoms with van der Waals surface area (Å²) in [5, 5.41) is 0. The van der Waals surface area contributed by atoms with Crippen LogP contribution in [0.2, 0.25) is 0 Å². The SMILES string of the molecule is CC(N)c1coc(C2CCOCC2)n1. The number of oxazole rings is 1. The Balaban J connectivity index is 2.07. The number of nitrogens with two attached hydrogens (primary N) is 1. The molecule has 0 bridgehead atoms. The van der Waals surface area contributed by atoms with Crippen molar-refractivity contribution in [3.05, 3.63) is 17.8 Å². The van der Waals surface area contributed by atoms with Crippen molar-refractivity contribution in [3.63, 3.8) is 0 Å². The van der Waals surface area contributed by atoms with Gasteiger partial charge in [-0.2, -0.15) is 0 Å². The van der Waals surface area contributed by atoms with Crippen LogP contribution in [0.4, 0.5) is 0 Å². The average molecular weight is 196 g/mol. The molecule has 0 saturated carbocycles. The lowest BCUT2D eigenvalue weighted by atomic mass is 10.0. The summed E-state index contributed by atoms with van der Waals surface area (Å²) < 4.78 is 10.7. The molecule has 1 fully saturated rings. The highest BCUT2D eigenvalue weighted by Crippen LogP contribution is 2.26. The minimum atomic E-state index is -0.0488. The fourth-order valence-corrected chi connectivity index (χ4v) is 1.64. The summed E-state index contributed by atoms with van der Waals surface area (Å²) in [4.78, 5) is 4.39. The molecular weight excluding hydrogens is 180 g/mol. The first-order valence-electron chi connectivity index (χ1n) is 5.06. The standard InChI is InChI=1S/C10H16N2O2/c1-7(11)9-6-14-10(12-9)8-2-4-13-5-3-8/h6-8H,2-5,11H2,1H3. The highest BCUT2D eigenvalue weighted by Gasteiger charge is 2.21. The molecule has 4 nitrogen and oxygen atoms in total. The molecule has 14 heavy (non-hydrogen) atoms. The van der Waals surface area contributed by atoms with E-state index in [1.54, 1.807) is 6.26 Å². The van der Waals surface area contributed by atoms with Crippen LogP contribution in [0.25, 0.3) is 0 Å². The molecule has 0 spiro atoms. The van der Waals surface area contributed by atoms with E-state index in [1.165, 1.54) is 0 Å². The molecule has 2 rings (SSSR count). The second-order valence-electron chi connectivity index (χ2n) is 3.79. The summed E-state index contributed by atoms with van der Waals surface area (Å²) in [5.41, 5.74) is 6.55. The van der Waals surface area contributed by atoms with Gasteiger partial charge in [-0.25, -0.2) is 4.98 Å². The van der Waals surface area contributed by atoms with E-state index in [9.17, 15) is 0 Å². The molecule has 78 valence electrons. The van der Waals surface area contributed by atoms with E-state index in [0.717, 1.165) is 37.6 Å². The number of hydrogen-bond donors (Lipinski definition) is 1. The lowest BCUT2D eigenvalue weighted by Crippen LogP contribution is -2.14. The maximum Gasteiger partial charge on any atom is 0.197 e. The Kier molecular flexibility index (Phi) is 2.84. The number of ether oxygens (including phenoxy) is 1. The van der Waals surface area contributed by atoms with Gasteiger partial charge in [-0.1, -0.05) is 0 Å². The molecule has 1 aromatic rings. The smallest absolute Gasteiger partial charge is 0.197 e. The Morgan fingerprint density at radius 3 is 2.79 bits per heavy atom. The van der Waals surface area contributed by atoms with Crippen LogP contribution in [0.5, 0.6) is 0 Å². The van der Waals surface area contributed by atoms with Crippen LogP contribution >= 0.6 is 0 Å². The van der Waals surface area contributed by atoms with Crippen molar-refractivity contribution in [2.45, 2.75) is 31.7 Å². The van der Waals surface area contributed by atoms with Crippen molar-refractivity contribution in [1.82, 2.24) is 4.98 Å². The third kappa shape index (κ3) is 1.96. The van der Waals surface area contributed by atoms with E-state index in [1.807, 2.05) is 6.92 Å². The van der Waals surface area contributed by atoms with Crippen LogP contribution < -0.4 is 5.73 Å². The van der Waals surface area contributed by atoms with Crippen LogP contribution in [0.15, 0.2) is 10.7 Å². The van der Waals surface area contributed by atoms with Crippen molar-refractivity contribution in [2.24, 2.45) is 5.73 Å². The van der Waals surface area contributed by atoms with Crippen LogP contribution in [-0.2, 0) is 4.74 Å². The molecule has 1 aliphatic heterocycles. The van der Waals surface area contributed by atoms with Gasteiger partial charge >= 0.3 is 0 Å². The topological polar surface area (TPSA) is 61.3 Å². The summed E-state index contributed by atoms with van der Waals surface area (Å²) in [5.74, 6) is 1.23. The molecule has 1 aliphatic rings. The minimum Gasteiger partial charge on any atom is -0.448 e. The quantitative estimate of drug-likeness (QED) is 0.780. The van der Waals surface area contributed by atoms with Gasteiger partial charge in [-0.05, 0) is 19.8 Å². The zero-order valence-electron chi connectivity index (χ0n) is 8.40. The highest BCUT2D eigenvalue weighted by atomic mass is 16.5. The molecule has 0 aromatic carbocycles. The summed E-state index contributed by atoms with van der Waals surface area (Å²) in [6, 6.07) is -0.0488. The minimum absolute atomic E-state index is 0.0488. The third-order valence-corrected chi connectivity index (χ3v) is 2.58. The van der Waals surface area contributed by atoms with Crippen LogP contribution in [0, 0.1) is 0 Å². The van der Waals surface area contributed by atoms with Gasteiger partial charge < -0.3 is 14.9 Å². The number of rotatable bonds is 2. The normalized spacial score (nSPS) is 21.0. The lowest BCUT2D eigenvalue weighted by molar-refractivity contribution is 0.0794. The molecular formula is C10H16N2O2. The van der Waals surface area contributed by atoms with Crippen LogP contribution in [0.3, 0.4) is 0 Å². The third-order valence-electron chi connectivity index (χ3n) is 2.58. The number of nitrogens with zero attached hydrogens (tertiary/aromatic N) is 1. The van der Waals surface area contributed by atoms with Crippen molar-refractivity contribution < 1.29 is 9.15 Å². The molecule has 2 N–H and O–H groups in total. The Morgan fingerprint density at radius 2 is 2.21 bits per heavy atom. The molecule has 1 aromatic heterocycles. The number of aromatic nitrogens is 1. The average Bonchev–Trinajstić information content (AvgIpc) is 2.68. The van der Waals surface area contributed by atoms with Gasteiger partial charge in [0.15, 0.2) is 5.89 Å². The van der Waals surface area contributed by atoms with Gasteiger partial charge in [0.05, 0.1) is 5.69 Å². The second-order valence-corrected chi connectivity index (χ2v) is 3.79. The maximum absolute atomic E-state index is 5.71. The van der Waals surface area contributed by atoms with Gasteiger partial charge in [0.25, 0.3) is 0 Å². The van der Waals surface area contributed by atoms with Gasteiger partial charge in [0, 0.05) is 25.2 Å². The molecule has 0 radical (unpaired) electrons. The van der Waals surface area contributed by atoms with E-state index < -0.39 is 0 Å². The fourth-order valence-electron chi connectivity index (χ4n) is 1.64. The van der Waals surface area contributed by atoms with E-state index in [0.29, 0.717) is 5.92 Å². The Hall–Kier alpha value is -0.870. The molecule has 0 aliphatic carbocycles. The Bertz CT molecular complexity index is 290. The van der Waals surface area contributed by atoms with Gasteiger partial charge in [0.2, 0.25) is 0 Å². The molecule has 2 heterocycles. The first kappa shape index (κ1) is 9.68. The van der Waals surface area contributed by atoms with Crippen LogP contribution in [0.1, 0.15) is 43.3 Å². The monoisotopic (exact) mass is 196 g/mol. The first-order valence-corrected chi connectivity index (χ1v) is 5.06. The van der Waals surface area contributed by atoms with Crippen molar-refractivity contribution in [2.75, 3.05) is 13.2 Å². The Labute approximate surface area is 83.4 Å². The predicted molar refractivity (Wildman–Crippen MR) is 51.9 cm³/mol. The van der Waals surface area contributed by atoms with Gasteiger partial charge in [-0.3, -0.25) is 0 Å². The summed E-state index contributed by atoms with van der Waals surface area (Å²) in [6.07, 6.45) is 3.66. The lowest BCUT2D eigenvalue weighted by Gasteiger charge is -2.18. The van der Waals surface area contributed by atoms with Crippen molar-refractivity contribution in [3.8, 4) is 0 Å². The highest BCUT2D eigenvalue weighted by molar-refractivity contribution is 5.04. The molecule has 1 saturated heterocycles. The first-order chi connectivity index (χ1) is 6.77. The Morgan fingerprint density at radius 1 is 1.50 bits per heavy atom. The predicted octanol–water partition coefficient (Wildman–Crippen LogP) is 1.59. The van der Waals surface area contributed by atoms with Crippen molar-refractivity contribution in [1.29, 1.82) is 0 Å². The summed E-state index contributed by atoms with van der Waals surface area (Å²) in [7, 11) is 0. The maximum atomic E-state index is 5.71. The van der Waals surface area contributed by atoms with E-state index in [2.05, 4.69) is 4.98 Å². The molecule has 4 heteroatoms. The van der Waals surface area contributed by atoms with Crippen LogP contribution in [-0.4, -0.2) is 18.2 Å². The van der Waals surface area contributed by atoms with E-state index >= 15 is 0 Å². The largest absolute Gasteiger partial charge is 0.448 e. The second kappa shape index (κ2) is 4.11. The zero-order valence-corrected chi connectivity index (χ0v) is 8.40. The van der Waals surface area contributed by atoms with Gasteiger partial charge in [-0.15, -0.1) is 0 Å². The van der Waals surface area contributed by atoms with Gasteiger partial charge in [0.1, 0.15) is 6.26 Å². The fraction of sp³-hybridized carbons (Fsp3) is 0.700. The number of hydrogen-bond acceptors (Lipinski definition) is 4.